The van der Waals surface area contributed by atoms with E-state index in [2.05, 4.69) is 22.7 Å². The monoisotopic (exact) mass is 314 g/mol. The first kappa shape index (κ1) is 17.2. The van der Waals surface area contributed by atoms with Crippen LogP contribution in [0.3, 0.4) is 0 Å². The van der Waals surface area contributed by atoms with Gasteiger partial charge in [0.05, 0.1) is 18.8 Å². The molecule has 0 radical (unpaired) electrons. The first-order chi connectivity index (χ1) is 11.0. The highest BCUT2D eigenvalue weighted by atomic mass is 16.1. The van der Waals surface area contributed by atoms with Gasteiger partial charge >= 0.3 is 0 Å². The molecule has 2 rings (SSSR count). The highest BCUT2D eigenvalue weighted by Gasteiger charge is 2.10. The molecule has 1 amide bonds. The summed E-state index contributed by atoms with van der Waals surface area (Å²) in [5.74, 6) is 0.0657. The smallest absolute Gasteiger partial charge is 0.221 e. The van der Waals surface area contributed by atoms with Crippen molar-refractivity contribution in [2.24, 2.45) is 0 Å². The maximum Gasteiger partial charge on any atom is 0.221 e. The molecule has 5 heteroatoms. The van der Waals surface area contributed by atoms with Crippen molar-refractivity contribution >= 4 is 5.91 Å². The van der Waals surface area contributed by atoms with Crippen LogP contribution in [0.25, 0.3) is 0 Å². The summed E-state index contributed by atoms with van der Waals surface area (Å²) in [4.78, 5) is 12.0. The number of carbonyl (C=O) groups excluding carboxylic acids is 1. The highest BCUT2D eigenvalue weighted by Crippen LogP contribution is 2.10. The third kappa shape index (κ3) is 5.87. The minimum atomic E-state index is 0.0353. The largest absolute Gasteiger partial charge is 0.350 e. The predicted octanol–water partition coefficient (Wildman–Crippen LogP) is 2.44. The Morgan fingerprint density at radius 2 is 2.00 bits per heavy atom. The van der Waals surface area contributed by atoms with Gasteiger partial charge in [0.25, 0.3) is 0 Å². The van der Waals surface area contributed by atoms with Gasteiger partial charge in [-0.25, -0.2) is 0 Å². The van der Waals surface area contributed by atoms with Crippen LogP contribution in [0.15, 0.2) is 42.7 Å². The van der Waals surface area contributed by atoms with E-state index in [9.17, 15) is 4.79 Å². The standard InChI is InChI=1S/C18H26N4O/c1-14-11-20-22(12-14)13-15(2)19-10-9-18(23)21-16(3)17-7-5-4-6-8-17/h4-8,11-12,15-16,19H,9-10,13H2,1-3H3,(H,21,23)/t15-,16-/m1/s1. The molecule has 0 aliphatic heterocycles. The third-order valence-corrected chi connectivity index (χ3v) is 3.75. The summed E-state index contributed by atoms with van der Waals surface area (Å²) in [5.41, 5.74) is 2.28. The zero-order chi connectivity index (χ0) is 16.7. The van der Waals surface area contributed by atoms with Gasteiger partial charge in [0, 0.05) is 25.2 Å². The van der Waals surface area contributed by atoms with Crippen LogP contribution >= 0.6 is 0 Å². The summed E-state index contributed by atoms with van der Waals surface area (Å²) in [5, 5.41) is 10.7. The fourth-order valence-corrected chi connectivity index (χ4v) is 2.48. The van der Waals surface area contributed by atoms with E-state index in [-0.39, 0.29) is 18.0 Å². The van der Waals surface area contributed by atoms with Gasteiger partial charge in [-0.3, -0.25) is 9.48 Å². The number of aryl methyl sites for hydroxylation is 1. The molecule has 2 N–H and O–H groups in total. The fourth-order valence-electron chi connectivity index (χ4n) is 2.48. The second kappa shape index (κ2) is 8.48. The van der Waals surface area contributed by atoms with Gasteiger partial charge in [0.15, 0.2) is 0 Å². The second-order valence-electron chi connectivity index (χ2n) is 6.04. The first-order valence-corrected chi connectivity index (χ1v) is 8.11. The van der Waals surface area contributed by atoms with Crippen molar-refractivity contribution in [1.29, 1.82) is 0 Å². The van der Waals surface area contributed by atoms with Crippen LogP contribution in [-0.2, 0) is 11.3 Å². The molecule has 23 heavy (non-hydrogen) atoms. The Hall–Kier alpha value is -2.14. The highest BCUT2D eigenvalue weighted by molar-refractivity contribution is 5.76. The molecule has 0 saturated carbocycles. The molecule has 2 atom stereocenters. The summed E-state index contributed by atoms with van der Waals surface area (Å²) in [6.45, 7) is 7.59. The van der Waals surface area contributed by atoms with E-state index in [1.807, 2.05) is 61.3 Å². The van der Waals surface area contributed by atoms with Gasteiger partial charge in [-0.1, -0.05) is 30.3 Å². The number of nitrogens with zero attached hydrogens (tertiary/aromatic N) is 2. The van der Waals surface area contributed by atoms with Crippen LogP contribution in [0.2, 0.25) is 0 Å². The van der Waals surface area contributed by atoms with Crippen molar-refractivity contribution in [3.63, 3.8) is 0 Å². The van der Waals surface area contributed by atoms with E-state index in [0.717, 1.165) is 17.7 Å². The zero-order valence-electron chi connectivity index (χ0n) is 14.1. The molecule has 0 spiro atoms. The second-order valence-corrected chi connectivity index (χ2v) is 6.04. The first-order valence-electron chi connectivity index (χ1n) is 8.11. The quantitative estimate of drug-likeness (QED) is 0.787. The number of carbonyl (C=O) groups is 1. The Morgan fingerprint density at radius 3 is 2.65 bits per heavy atom. The van der Waals surface area contributed by atoms with Gasteiger partial charge in [0.1, 0.15) is 0 Å². The third-order valence-electron chi connectivity index (χ3n) is 3.75. The van der Waals surface area contributed by atoms with Crippen LogP contribution < -0.4 is 10.6 Å². The Balaban J connectivity index is 1.66. The average molecular weight is 314 g/mol. The molecule has 2 aromatic rings. The molecule has 124 valence electrons. The topological polar surface area (TPSA) is 59.0 Å². The van der Waals surface area contributed by atoms with Crippen LogP contribution in [0.5, 0.6) is 0 Å². The number of nitrogens with one attached hydrogen (secondary N) is 2. The van der Waals surface area contributed by atoms with Crippen LogP contribution in [0.1, 0.15) is 37.4 Å². The molecule has 0 fully saturated rings. The van der Waals surface area contributed by atoms with E-state index in [1.54, 1.807) is 0 Å². The molecule has 5 nitrogen and oxygen atoms in total. The number of hydrogen-bond donors (Lipinski definition) is 2. The minimum absolute atomic E-state index is 0.0353. The lowest BCUT2D eigenvalue weighted by Gasteiger charge is -2.16. The molecule has 0 aliphatic rings. The zero-order valence-corrected chi connectivity index (χ0v) is 14.1. The van der Waals surface area contributed by atoms with Crippen molar-refractivity contribution in [1.82, 2.24) is 20.4 Å². The lowest BCUT2D eigenvalue weighted by atomic mass is 10.1. The Morgan fingerprint density at radius 1 is 1.26 bits per heavy atom. The van der Waals surface area contributed by atoms with Crippen LogP contribution in [0.4, 0.5) is 0 Å². The van der Waals surface area contributed by atoms with Gasteiger partial charge in [-0.2, -0.15) is 5.10 Å². The number of amides is 1. The van der Waals surface area contributed by atoms with E-state index in [0.29, 0.717) is 13.0 Å². The Bertz CT molecular complexity index is 608. The minimum Gasteiger partial charge on any atom is -0.350 e. The SMILES string of the molecule is Cc1cnn(C[C@@H](C)NCCC(=O)N[C@H](C)c2ccccc2)c1. The molecule has 0 bridgehead atoms. The Labute approximate surface area is 138 Å². The van der Waals surface area contributed by atoms with Gasteiger partial charge in [0.2, 0.25) is 5.91 Å². The van der Waals surface area contributed by atoms with Gasteiger partial charge in [-0.05, 0) is 31.9 Å². The number of benzene rings is 1. The fraction of sp³-hybridized carbons (Fsp3) is 0.444. The summed E-state index contributed by atoms with van der Waals surface area (Å²) in [7, 11) is 0. The normalized spacial score (nSPS) is 13.5. The lowest BCUT2D eigenvalue weighted by Crippen LogP contribution is -2.35. The molecule has 0 unspecified atom stereocenters. The predicted molar refractivity (Wildman–Crippen MR) is 92.0 cm³/mol. The van der Waals surface area contributed by atoms with Crippen molar-refractivity contribution in [2.45, 2.75) is 45.8 Å². The van der Waals surface area contributed by atoms with Crippen molar-refractivity contribution in [3.8, 4) is 0 Å². The number of aromatic nitrogens is 2. The van der Waals surface area contributed by atoms with Crippen LogP contribution in [-0.4, -0.2) is 28.3 Å². The molecular weight excluding hydrogens is 288 g/mol. The van der Waals surface area contributed by atoms with Crippen molar-refractivity contribution < 1.29 is 4.79 Å². The van der Waals surface area contributed by atoms with Crippen molar-refractivity contribution in [2.75, 3.05) is 6.54 Å². The summed E-state index contributed by atoms with van der Waals surface area (Å²) >= 11 is 0. The molecule has 0 aliphatic carbocycles. The van der Waals surface area contributed by atoms with E-state index in [1.165, 1.54) is 0 Å². The Kier molecular flexibility index (Phi) is 6.35. The maximum atomic E-state index is 12.0. The lowest BCUT2D eigenvalue weighted by molar-refractivity contribution is -0.121. The summed E-state index contributed by atoms with van der Waals surface area (Å²) in [6, 6.07) is 10.3. The van der Waals surface area contributed by atoms with Gasteiger partial charge < -0.3 is 10.6 Å². The van der Waals surface area contributed by atoms with E-state index < -0.39 is 0 Å². The maximum absolute atomic E-state index is 12.0. The molecule has 1 aromatic heterocycles. The molecule has 1 heterocycles. The summed E-state index contributed by atoms with van der Waals surface area (Å²) in [6.07, 6.45) is 4.34. The van der Waals surface area contributed by atoms with E-state index >= 15 is 0 Å². The summed E-state index contributed by atoms with van der Waals surface area (Å²) < 4.78 is 1.92. The van der Waals surface area contributed by atoms with Crippen molar-refractivity contribution in [3.05, 3.63) is 53.9 Å². The average Bonchev–Trinajstić information content (AvgIpc) is 2.93. The number of hydrogen-bond acceptors (Lipinski definition) is 3. The molecule has 1 aromatic carbocycles. The number of rotatable bonds is 8. The molecular formula is C18H26N4O. The van der Waals surface area contributed by atoms with Gasteiger partial charge in [-0.15, -0.1) is 0 Å². The van der Waals surface area contributed by atoms with E-state index in [4.69, 9.17) is 0 Å². The molecule has 0 saturated heterocycles. The van der Waals surface area contributed by atoms with Crippen LogP contribution in [0, 0.1) is 6.92 Å².